The molecule has 0 saturated heterocycles. The molecule has 0 atom stereocenters. The number of benzene rings is 1. The maximum Gasteiger partial charge on any atom is 0.106 e. The van der Waals surface area contributed by atoms with Crippen LogP contribution in [-0.2, 0) is 13.1 Å². The molecule has 0 aliphatic carbocycles. The molecule has 1 N–H and O–H groups in total. The van der Waals surface area contributed by atoms with Gasteiger partial charge in [-0.15, -0.1) is 11.3 Å². The fraction of sp³-hybridized carbons (Fsp3) is 0.182. The van der Waals surface area contributed by atoms with Crippen LogP contribution in [0.2, 0.25) is 10.0 Å². The van der Waals surface area contributed by atoms with Crippen LogP contribution in [0.15, 0.2) is 29.8 Å². The number of halogens is 2. The third-order valence-electron chi connectivity index (χ3n) is 2.11. The largest absolute Gasteiger partial charge is 0.306 e. The molecule has 84 valence electrons. The van der Waals surface area contributed by atoms with E-state index in [2.05, 4.69) is 10.3 Å². The molecule has 2 nitrogen and oxygen atoms in total. The maximum absolute atomic E-state index is 6.07. The molecule has 1 heterocycles. The third-order valence-corrected chi connectivity index (χ3v) is 3.74. The summed E-state index contributed by atoms with van der Waals surface area (Å²) in [6.07, 6.45) is 1.80. The first-order valence-corrected chi connectivity index (χ1v) is 6.43. The Kier molecular flexibility index (Phi) is 4.18. The van der Waals surface area contributed by atoms with Crippen molar-refractivity contribution < 1.29 is 0 Å². The van der Waals surface area contributed by atoms with E-state index in [0.717, 1.165) is 17.1 Å². The minimum atomic E-state index is 0.593. The number of thiazole rings is 1. The summed E-state index contributed by atoms with van der Waals surface area (Å²) >= 11 is 13.6. The summed E-state index contributed by atoms with van der Waals surface area (Å²) in [5.41, 5.74) is 1.01. The highest BCUT2D eigenvalue weighted by Gasteiger charge is 2.03. The summed E-state index contributed by atoms with van der Waals surface area (Å²) in [4.78, 5) is 4.18. The molecule has 2 aromatic rings. The van der Waals surface area contributed by atoms with Crippen LogP contribution in [0, 0.1) is 0 Å². The van der Waals surface area contributed by atoms with E-state index in [0.29, 0.717) is 16.6 Å². The van der Waals surface area contributed by atoms with Gasteiger partial charge in [0.05, 0.1) is 10.0 Å². The Hall–Kier alpha value is -0.610. The lowest BCUT2D eigenvalue weighted by atomic mass is 10.2. The highest BCUT2D eigenvalue weighted by atomic mass is 35.5. The van der Waals surface area contributed by atoms with Crippen molar-refractivity contribution in [2.45, 2.75) is 13.1 Å². The fourth-order valence-corrected chi connectivity index (χ4v) is 2.30. The van der Waals surface area contributed by atoms with E-state index in [1.807, 2.05) is 17.5 Å². The topological polar surface area (TPSA) is 24.9 Å². The number of rotatable bonds is 4. The lowest BCUT2D eigenvalue weighted by molar-refractivity contribution is 0.690. The average Bonchev–Trinajstić information content (AvgIpc) is 2.77. The summed E-state index contributed by atoms with van der Waals surface area (Å²) in [6, 6.07) is 5.64. The predicted octanol–water partition coefficient (Wildman–Crippen LogP) is 3.74. The van der Waals surface area contributed by atoms with Crippen molar-refractivity contribution in [1.29, 1.82) is 0 Å². The zero-order chi connectivity index (χ0) is 11.4. The molecule has 1 aromatic carbocycles. The number of hydrogen-bond donors (Lipinski definition) is 1. The summed E-state index contributed by atoms with van der Waals surface area (Å²) in [5, 5.41) is 7.52. The summed E-state index contributed by atoms with van der Waals surface area (Å²) in [7, 11) is 0. The number of hydrogen-bond acceptors (Lipinski definition) is 3. The summed E-state index contributed by atoms with van der Waals surface area (Å²) in [6.45, 7) is 1.44. The van der Waals surface area contributed by atoms with Crippen LogP contribution in [0.5, 0.6) is 0 Å². The third kappa shape index (κ3) is 2.95. The monoisotopic (exact) mass is 272 g/mol. The number of nitrogens with zero attached hydrogens (tertiary/aromatic N) is 1. The second-order valence-electron chi connectivity index (χ2n) is 3.24. The van der Waals surface area contributed by atoms with Crippen molar-refractivity contribution in [3.05, 3.63) is 50.4 Å². The smallest absolute Gasteiger partial charge is 0.106 e. The minimum absolute atomic E-state index is 0.593. The van der Waals surface area contributed by atoms with Gasteiger partial charge in [0.15, 0.2) is 0 Å². The van der Waals surface area contributed by atoms with E-state index in [1.165, 1.54) is 0 Å². The van der Waals surface area contributed by atoms with Crippen LogP contribution in [0.3, 0.4) is 0 Å². The maximum atomic E-state index is 6.07. The standard InChI is InChI=1S/C11H10Cl2N2S/c12-9-3-1-2-8(11(9)13)6-14-7-10-15-4-5-16-10/h1-5,14H,6-7H2. The molecule has 0 bridgehead atoms. The van der Waals surface area contributed by atoms with E-state index in [1.54, 1.807) is 23.6 Å². The molecule has 2 rings (SSSR count). The molecule has 0 amide bonds. The molecule has 0 saturated carbocycles. The number of nitrogens with one attached hydrogen (secondary N) is 1. The van der Waals surface area contributed by atoms with Crippen molar-refractivity contribution in [3.63, 3.8) is 0 Å². The van der Waals surface area contributed by atoms with Gasteiger partial charge in [-0.25, -0.2) is 4.98 Å². The molecule has 0 spiro atoms. The van der Waals surface area contributed by atoms with Gasteiger partial charge in [-0.1, -0.05) is 35.3 Å². The predicted molar refractivity (Wildman–Crippen MR) is 69.1 cm³/mol. The zero-order valence-corrected chi connectivity index (χ0v) is 10.7. The van der Waals surface area contributed by atoms with Crippen molar-refractivity contribution in [2.75, 3.05) is 0 Å². The number of aromatic nitrogens is 1. The first-order chi connectivity index (χ1) is 7.77. The fourth-order valence-electron chi connectivity index (χ4n) is 1.33. The quantitative estimate of drug-likeness (QED) is 0.917. The highest BCUT2D eigenvalue weighted by Crippen LogP contribution is 2.25. The lowest BCUT2D eigenvalue weighted by Crippen LogP contribution is -2.12. The molecular formula is C11H10Cl2N2S. The van der Waals surface area contributed by atoms with Gasteiger partial charge in [0.2, 0.25) is 0 Å². The molecule has 5 heteroatoms. The van der Waals surface area contributed by atoms with Gasteiger partial charge < -0.3 is 5.32 Å². The van der Waals surface area contributed by atoms with Gasteiger partial charge >= 0.3 is 0 Å². The van der Waals surface area contributed by atoms with Gasteiger partial charge in [-0.05, 0) is 11.6 Å². The second-order valence-corrected chi connectivity index (χ2v) is 5.01. The van der Waals surface area contributed by atoms with Gasteiger partial charge in [0.1, 0.15) is 5.01 Å². The van der Waals surface area contributed by atoms with Crippen LogP contribution in [0.25, 0.3) is 0 Å². The highest BCUT2D eigenvalue weighted by molar-refractivity contribution is 7.09. The normalized spacial score (nSPS) is 10.6. The zero-order valence-electron chi connectivity index (χ0n) is 8.41. The van der Waals surface area contributed by atoms with E-state index in [9.17, 15) is 0 Å². The SMILES string of the molecule is Clc1cccc(CNCc2nccs2)c1Cl. The minimum Gasteiger partial charge on any atom is -0.306 e. The Morgan fingerprint density at radius 3 is 2.88 bits per heavy atom. The molecule has 0 aliphatic rings. The van der Waals surface area contributed by atoms with E-state index in [4.69, 9.17) is 23.2 Å². The molecule has 0 aliphatic heterocycles. The molecule has 16 heavy (non-hydrogen) atoms. The Morgan fingerprint density at radius 2 is 2.12 bits per heavy atom. The van der Waals surface area contributed by atoms with Crippen molar-refractivity contribution in [3.8, 4) is 0 Å². The van der Waals surface area contributed by atoms with Gasteiger partial charge in [0, 0.05) is 24.7 Å². The first kappa shape index (κ1) is 11.9. The lowest BCUT2D eigenvalue weighted by Gasteiger charge is -2.06. The van der Waals surface area contributed by atoms with Crippen LogP contribution in [0.4, 0.5) is 0 Å². The van der Waals surface area contributed by atoms with E-state index in [-0.39, 0.29) is 0 Å². The van der Waals surface area contributed by atoms with E-state index >= 15 is 0 Å². The summed E-state index contributed by atoms with van der Waals surface area (Å²) in [5.74, 6) is 0. The van der Waals surface area contributed by atoms with Gasteiger partial charge in [-0.2, -0.15) is 0 Å². The Morgan fingerprint density at radius 1 is 1.25 bits per heavy atom. The molecule has 0 radical (unpaired) electrons. The Bertz CT molecular complexity index is 457. The Labute approximate surface area is 108 Å². The molecular weight excluding hydrogens is 263 g/mol. The van der Waals surface area contributed by atoms with Crippen LogP contribution >= 0.6 is 34.5 Å². The molecule has 0 fully saturated rings. The van der Waals surface area contributed by atoms with Crippen molar-refractivity contribution in [2.24, 2.45) is 0 Å². The van der Waals surface area contributed by atoms with E-state index < -0.39 is 0 Å². The van der Waals surface area contributed by atoms with Crippen LogP contribution in [-0.4, -0.2) is 4.98 Å². The molecule has 1 aromatic heterocycles. The second kappa shape index (κ2) is 5.64. The van der Waals surface area contributed by atoms with Crippen LogP contribution < -0.4 is 5.32 Å². The van der Waals surface area contributed by atoms with Gasteiger partial charge in [0.25, 0.3) is 0 Å². The van der Waals surface area contributed by atoms with Gasteiger partial charge in [-0.3, -0.25) is 0 Å². The van der Waals surface area contributed by atoms with Crippen molar-refractivity contribution in [1.82, 2.24) is 10.3 Å². The molecule has 0 unspecified atom stereocenters. The summed E-state index contributed by atoms with van der Waals surface area (Å²) < 4.78 is 0. The van der Waals surface area contributed by atoms with Crippen LogP contribution in [0.1, 0.15) is 10.6 Å². The average molecular weight is 273 g/mol. The first-order valence-electron chi connectivity index (χ1n) is 4.79. The Balaban J connectivity index is 1.92. The van der Waals surface area contributed by atoms with Crippen molar-refractivity contribution >= 4 is 34.5 Å².